The molecule has 0 unspecified atom stereocenters. The molecular formula is C18H28N2O2. The number of nitrogens with zero attached hydrogens (tertiary/aromatic N) is 1. The highest BCUT2D eigenvalue weighted by Gasteiger charge is 2.31. The summed E-state index contributed by atoms with van der Waals surface area (Å²) in [5.74, 6) is 0. The fourth-order valence-corrected chi connectivity index (χ4v) is 2.87. The van der Waals surface area contributed by atoms with Gasteiger partial charge in [0.2, 0.25) is 0 Å². The molecule has 22 heavy (non-hydrogen) atoms. The van der Waals surface area contributed by atoms with Gasteiger partial charge in [-0.25, -0.2) is 4.79 Å². The van der Waals surface area contributed by atoms with E-state index >= 15 is 0 Å². The number of rotatable bonds is 4. The van der Waals surface area contributed by atoms with Crippen molar-refractivity contribution in [2.75, 3.05) is 19.7 Å². The maximum Gasteiger partial charge on any atom is 0.317 e. The number of hydrogen-bond acceptors (Lipinski definition) is 2. The third-order valence-corrected chi connectivity index (χ3v) is 4.83. The van der Waals surface area contributed by atoms with E-state index in [1.54, 1.807) is 0 Å². The van der Waals surface area contributed by atoms with E-state index in [9.17, 15) is 9.90 Å². The highest BCUT2D eigenvalue weighted by Crippen LogP contribution is 2.30. The molecule has 0 spiro atoms. The zero-order chi connectivity index (χ0) is 16.2. The second kappa shape index (κ2) is 7.14. The van der Waals surface area contributed by atoms with Gasteiger partial charge in [0.05, 0.1) is 6.04 Å². The number of carbonyl (C=O) groups is 1. The summed E-state index contributed by atoms with van der Waals surface area (Å²) in [4.78, 5) is 14.3. The van der Waals surface area contributed by atoms with E-state index in [-0.39, 0.29) is 24.1 Å². The first kappa shape index (κ1) is 16.8. The minimum absolute atomic E-state index is 0.00687. The van der Waals surface area contributed by atoms with E-state index in [0.29, 0.717) is 13.1 Å². The van der Waals surface area contributed by atoms with Gasteiger partial charge in [0.15, 0.2) is 0 Å². The van der Waals surface area contributed by atoms with Crippen LogP contribution in [-0.2, 0) is 0 Å². The van der Waals surface area contributed by atoms with Gasteiger partial charge in [-0.2, -0.15) is 0 Å². The topological polar surface area (TPSA) is 52.6 Å². The monoisotopic (exact) mass is 304 g/mol. The predicted octanol–water partition coefficient (Wildman–Crippen LogP) is 3.25. The molecule has 2 rings (SSSR count). The number of likely N-dealkylation sites (tertiary alicyclic amines) is 1. The number of hydrogen-bond donors (Lipinski definition) is 2. The van der Waals surface area contributed by atoms with Crippen LogP contribution in [0.3, 0.4) is 0 Å². The number of urea groups is 1. The molecule has 122 valence electrons. The number of carbonyl (C=O) groups excluding carboxylic acids is 1. The first-order valence-corrected chi connectivity index (χ1v) is 8.20. The molecule has 0 aliphatic carbocycles. The zero-order valence-corrected chi connectivity index (χ0v) is 13.9. The van der Waals surface area contributed by atoms with Gasteiger partial charge in [-0.1, -0.05) is 43.7 Å². The van der Waals surface area contributed by atoms with Crippen LogP contribution in [0.5, 0.6) is 0 Å². The van der Waals surface area contributed by atoms with Gasteiger partial charge in [-0.15, -0.1) is 0 Å². The Balaban J connectivity index is 1.94. The predicted molar refractivity (Wildman–Crippen MR) is 88.7 cm³/mol. The van der Waals surface area contributed by atoms with E-state index in [4.69, 9.17) is 0 Å². The Morgan fingerprint density at radius 2 is 1.91 bits per heavy atom. The molecule has 1 aliphatic rings. The molecule has 2 N–H and O–H groups in total. The van der Waals surface area contributed by atoms with E-state index < -0.39 is 0 Å². The average Bonchev–Trinajstić information content (AvgIpc) is 2.54. The first-order valence-electron chi connectivity index (χ1n) is 8.20. The molecule has 4 heteroatoms. The molecule has 1 aromatic rings. The standard InChI is InChI=1S/C18H28N2O2/c1-4-16(15-7-5-14(2)6-8-15)19-17(22)20-11-9-18(3,13-21)10-12-20/h5-8,16,21H,4,9-13H2,1-3H3,(H,19,22)/t16-/m0/s1. The number of aliphatic hydroxyl groups excluding tert-OH is 1. The van der Waals surface area contributed by atoms with Gasteiger partial charge in [0.1, 0.15) is 0 Å². The van der Waals surface area contributed by atoms with E-state index in [0.717, 1.165) is 24.8 Å². The lowest BCUT2D eigenvalue weighted by Gasteiger charge is -2.38. The van der Waals surface area contributed by atoms with Crippen LogP contribution >= 0.6 is 0 Å². The summed E-state index contributed by atoms with van der Waals surface area (Å²) >= 11 is 0. The van der Waals surface area contributed by atoms with Crippen molar-refractivity contribution in [2.45, 2.75) is 46.1 Å². The second-order valence-corrected chi connectivity index (χ2v) is 6.78. The summed E-state index contributed by atoms with van der Waals surface area (Å²) < 4.78 is 0. The van der Waals surface area contributed by atoms with Crippen LogP contribution < -0.4 is 5.32 Å². The lowest BCUT2D eigenvalue weighted by Crippen LogP contribution is -2.48. The van der Waals surface area contributed by atoms with Crippen LogP contribution in [0, 0.1) is 12.3 Å². The Morgan fingerprint density at radius 3 is 2.41 bits per heavy atom. The second-order valence-electron chi connectivity index (χ2n) is 6.78. The largest absolute Gasteiger partial charge is 0.396 e. The van der Waals surface area contributed by atoms with Gasteiger partial charge in [-0.05, 0) is 37.2 Å². The molecule has 1 aromatic carbocycles. The average molecular weight is 304 g/mol. The molecule has 0 bridgehead atoms. The molecule has 1 aliphatic heterocycles. The number of piperidine rings is 1. The number of aliphatic hydroxyl groups is 1. The van der Waals surface area contributed by atoms with Crippen molar-refractivity contribution in [1.29, 1.82) is 0 Å². The summed E-state index contributed by atoms with van der Waals surface area (Å²) in [6, 6.07) is 8.40. The summed E-state index contributed by atoms with van der Waals surface area (Å²) in [5.41, 5.74) is 2.35. The van der Waals surface area contributed by atoms with Crippen molar-refractivity contribution in [3.63, 3.8) is 0 Å². The quantitative estimate of drug-likeness (QED) is 0.897. The fourth-order valence-electron chi connectivity index (χ4n) is 2.87. The highest BCUT2D eigenvalue weighted by atomic mass is 16.3. The lowest BCUT2D eigenvalue weighted by molar-refractivity contribution is 0.0694. The maximum atomic E-state index is 12.5. The van der Waals surface area contributed by atoms with E-state index in [2.05, 4.69) is 50.4 Å². The van der Waals surface area contributed by atoms with Crippen molar-refractivity contribution < 1.29 is 9.90 Å². The van der Waals surface area contributed by atoms with Gasteiger partial charge in [-0.3, -0.25) is 0 Å². The summed E-state index contributed by atoms with van der Waals surface area (Å²) in [6.07, 6.45) is 2.59. The van der Waals surface area contributed by atoms with E-state index in [1.165, 1.54) is 5.56 Å². The Morgan fingerprint density at radius 1 is 1.32 bits per heavy atom. The van der Waals surface area contributed by atoms with Crippen molar-refractivity contribution in [1.82, 2.24) is 10.2 Å². The van der Waals surface area contributed by atoms with Crippen molar-refractivity contribution in [2.24, 2.45) is 5.41 Å². The number of benzene rings is 1. The smallest absolute Gasteiger partial charge is 0.317 e. The number of aryl methyl sites for hydroxylation is 1. The van der Waals surface area contributed by atoms with Gasteiger partial charge >= 0.3 is 6.03 Å². The van der Waals surface area contributed by atoms with Crippen molar-refractivity contribution >= 4 is 6.03 Å². The zero-order valence-electron chi connectivity index (χ0n) is 13.9. The normalized spacial score (nSPS) is 18.8. The third-order valence-electron chi connectivity index (χ3n) is 4.83. The summed E-state index contributed by atoms with van der Waals surface area (Å²) in [7, 11) is 0. The molecule has 0 aromatic heterocycles. The Kier molecular flexibility index (Phi) is 5.46. The van der Waals surface area contributed by atoms with Gasteiger partial charge < -0.3 is 15.3 Å². The third kappa shape index (κ3) is 4.01. The van der Waals surface area contributed by atoms with Crippen LogP contribution in [-0.4, -0.2) is 35.7 Å². The van der Waals surface area contributed by atoms with Crippen LogP contribution in [0.15, 0.2) is 24.3 Å². The maximum absolute atomic E-state index is 12.5. The molecular weight excluding hydrogens is 276 g/mol. The van der Waals surface area contributed by atoms with Gasteiger partial charge in [0, 0.05) is 19.7 Å². The van der Waals surface area contributed by atoms with Crippen LogP contribution in [0.1, 0.15) is 50.3 Å². The summed E-state index contributed by atoms with van der Waals surface area (Å²) in [6.45, 7) is 7.87. The SMILES string of the molecule is CC[C@H](NC(=O)N1CCC(C)(CO)CC1)c1ccc(C)cc1. The summed E-state index contributed by atoms with van der Waals surface area (Å²) in [5, 5.41) is 12.6. The lowest BCUT2D eigenvalue weighted by atomic mass is 9.81. The molecule has 0 radical (unpaired) electrons. The fraction of sp³-hybridized carbons (Fsp3) is 0.611. The Labute approximate surface area is 133 Å². The van der Waals surface area contributed by atoms with Crippen LogP contribution in [0.2, 0.25) is 0 Å². The Bertz CT molecular complexity index is 490. The minimum atomic E-state index is -0.0299. The minimum Gasteiger partial charge on any atom is -0.396 e. The molecule has 2 amide bonds. The van der Waals surface area contributed by atoms with Crippen molar-refractivity contribution in [3.05, 3.63) is 35.4 Å². The van der Waals surface area contributed by atoms with Crippen LogP contribution in [0.25, 0.3) is 0 Å². The number of amides is 2. The molecule has 0 saturated carbocycles. The van der Waals surface area contributed by atoms with E-state index in [1.807, 2.05) is 4.90 Å². The molecule has 1 saturated heterocycles. The molecule has 1 atom stereocenters. The Hall–Kier alpha value is -1.55. The highest BCUT2D eigenvalue weighted by molar-refractivity contribution is 5.74. The van der Waals surface area contributed by atoms with Crippen LogP contribution in [0.4, 0.5) is 4.79 Å². The number of nitrogens with one attached hydrogen (secondary N) is 1. The molecule has 1 fully saturated rings. The van der Waals surface area contributed by atoms with Crippen molar-refractivity contribution in [3.8, 4) is 0 Å². The molecule has 4 nitrogen and oxygen atoms in total. The molecule has 1 heterocycles. The van der Waals surface area contributed by atoms with Gasteiger partial charge in [0.25, 0.3) is 0 Å². The first-order chi connectivity index (χ1) is 10.5.